The van der Waals surface area contributed by atoms with E-state index in [-0.39, 0.29) is 83.7 Å². The van der Waals surface area contributed by atoms with E-state index >= 15 is 0 Å². The van der Waals surface area contributed by atoms with Gasteiger partial charge in [0.2, 0.25) is 29.5 Å². The average molecular weight is 1760 g/mol. The van der Waals surface area contributed by atoms with E-state index < -0.39 is 191 Å². The number of carboxylic acids is 3. The van der Waals surface area contributed by atoms with Crippen molar-refractivity contribution in [2.24, 2.45) is 22.2 Å². The normalized spacial score (nSPS) is 24.8. The molecule has 122 heavy (non-hydrogen) atoms. The van der Waals surface area contributed by atoms with Crippen LogP contribution >= 0.6 is 11.3 Å². The number of ether oxygens (including phenoxy) is 4. The van der Waals surface area contributed by atoms with Gasteiger partial charge in [-0.05, 0) is 165 Å². The third kappa shape index (κ3) is 21.9. The fourth-order valence-corrected chi connectivity index (χ4v) is 20.7. The molecular weight excluding hydrogens is 1650 g/mol. The van der Waals surface area contributed by atoms with Crippen LogP contribution in [0.2, 0.25) is 0 Å². The van der Waals surface area contributed by atoms with E-state index in [1.165, 1.54) is 36.5 Å². The molecule has 6 heterocycles. The number of aliphatic hydroxyl groups is 3. The maximum atomic E-state index is 14.4. The first kappa shape index (κ1) is 91.0. The summed E-state index contributed by atoms with van der Waals surface area (Å²) in [6.07, 6.45) is -5.08. The molecular formula is C81H102N12O26S3. The van der Waals surface area contributed by atoms with Crippen molar-refractivity contribution in [1.82, 2.24) is 45.5 Å². The standard InChI is InChI=1S/C81H102N12O26S3/c1-44(2)64(88-62(95)34-92-51(36-116-27-29-122(113,114)115)31-57(73(92)104)85-61(94)20-21-63(96)97)72(103)83-45(3)70(101)84-50-16-14-49(48(30-50)15-18-58-66(98)67(99)68(100)69(119-58)75(107)108)35-117-77(109)90(25-28-121(110,111)112)24-26-118-81-40-78(5)37-79(6,41-81)39-80(38-78,42-81)43-93-46(4)54(32-82-93)52-17-19-60(87-65(52)74(105)106)91-23-22-47-10-9-11-53(55(47)33-91)71(102)89-76-86-56-12-7-8-13-59(56)120-76/h7-14,16-17,19,30,32,44-45,51,57-58,64,66-69,98-100H,15,18,20-29,31,33-43H2,1-6H3,(H,83,103)(H,84,101)(H,85,94)(H,88,95)(H,96,97)(H,105,106)(H,107,108)(H,86,89,102)(H,110,111,112)(H,113,114,115)/t45-,51-,57-,58-,64-,66-,67+,68-,69-,78?,79?,80?,81?/m0/s1. The van der Waals surface area contributed by atoms with Crippen molar-refractivity contribution in [1.29, 1.82) is 0 Å². The largest absolute Gasteiger partial charge is 0.481 e. The second kappa shape index (κ2) is 37.1. The fourth-order valence-electron chi connectivity index (χ4n) is 19.1. The Morgan fingerprint density at radius 3 is 2.18 bits per heavy atom. The first-order chi connectivity index (χ1) is 57.5. The van der Waals surface area contributed by atoms with Crippen molar-refractivity contribution in [3.05, 3.63) is 118 Å². The zero-order chi connectivity index (χ0) is 88.3. The molecule has 3 aromatic heterocycles. The molecule has 6 fully saturated rings. The minimum Gasteiger partial charge on any atom is -0.481 e. The zero-order valence-electron chi connectivity index (χ0n) is 68.0. The quantitative estimate of drug-likeness (QED) is 0.0190. The average Bonchev–Trinajstić information content (AvgIpc) is 0.691. The number of pyridine rings is 1. The maximum absolute atomic E-state index is 14.4. The number of nitrogens with zero attached hydrogens (tertiary/aromatic N) is 7. The van der Waals surface area contributed by atoms with Gasteiger partial charge in [-0.25, -0.2) is 24.4 Å². The SMILES string of the molecule is Cc1c(-c2ccc(N3CCc4cccc(C(=O)Nc5nc6ccccc6s5)c4C3)nc2C(=O)O)cnn1CC12CC3(C)CC(C)(C1)CC(OCCN(CCS(=O)(=O)O)C(=O)OCc1ccc(NC(=O)[C@H](C)NC(=O)[C@@H](NC(=O)CN4C(=O)[C@@H](NC(=O)CCC(=O)O)C[C@H]4COCCS(=O)(=O)O)C(C)C)cc1CC[C@@H]1O[C@H](C(=O)O)[C@@H](O)[C@H](O)[C@H]1O)(C3)C2. The van der Waals surface area contributed by atoms with Crippen molar-refractivity contribution in [2.75, 3.05) is 73.0 Å². The fraction of sp³-hybridized carbons (Fsp3) is 0.543. The minimum absolute atomic E-state index is 0.0737. The summed E-state index contributed by atoms with van der Waals surface area (Å²) >= 11 is 1.37. The second-order valence-corrected chi connectivity index (χ2v) is 38.1. The molecule has 2 saturated heterocycles. The third-order valence-electron chi connectivity index (χ3n) is 23.7. The highest BCUT2D eigenvalue weighted by Crippen LogP contribution is 2.72. The number of aliphatic carboxylic acids is 2. The van der Waals surface area contributed by atoms with Gasteiger partial charge in [0, 0.05) is 67.2 Å². The number of hydrogen-bond acceptors (Lipinski definition) is 26. The van der Waals surface area contributed by atoms with Crippen LogP contribution in [0.25, 0.3) is 21.3 Å². The predicted molar refractivity (Wildman–Crippen MR) is 437 cm³/mol. The molecule has 13 N–H and O–H groups in total. The number of benzene rings is 3. The molecule has 2 unspecified atom stereocenters. The van der Waals surface area contributed by atoms with Gasteiger partial charge >= 0.3 is 24.0 Å². The van der Waals surface area contributed by atoms with Crippen LogP contribution in [-0.2, 0) is 105 Å². The molecule has 3 aliphatic heterocycles. The van der Waals surface area contributed by atoms with E-state index in [0.29, 0.717) is 78.7 Å². The van der Waals surface area contributed by atoms with Gasteiger partial charge in [0.15, 0.2) is 16.9 Å². The summed E-state index contributed by atoms with van der Waals surface area (Å²) in [7, 11) is -9.12. The van der Waals surface area contributed by atoms with Crippen LogP contribution < -0.4 is 31.5 Å². The number of rotatable bonds is 37. The van der Waals surface area contributed by atoms with E-state index in [0.717, 1.165) is 50.4 Å². The number of carboxylic acid groups (broad SMARTS) is 3. The number of aromatic nitrogens is 4. The Balaban J connectivity index is 0.703. The molecule has 0 spiro atoms. The Bertz CT molecular complexity index is 5210. The number of likely N-dealkylation sites (tertiary alicyclic amines) is 1. The minimum atomic E-state index is -4.68. The summed E-state index contributed by atoms with van der Waals surface area (Å²) in [5, 5.41) is 80.5. The summed E-state index contributed by atoms with van der Waals surface area (Å²) in [6, 6.07) is 16.1. The Morgan fingerprint density at radius 1 is 0.762 bits per heavy atom. The number of fused-ring (bicyclic) bond motifs is 2. The Hall–Kier alpha value is -10.2. The molecule has 7 aliphatic rings. The molecule has 13 rings (SSSR count). The number of thiazole rings is 1. The van der Waals surface area contributed by atoms with Crippen LogP contribution in [0.15, 0.2) is 79.0 Å². The van der Waals surface area contributed by atoms with Crippen LogP contribution in [0.3, 0.4) is 0 Å². The summed E-state index contributed by atoms with van der Waals surface area (Å²) < 4.78 is 93.3. The van der Waals surface area contributed by atoms with Gasteiger partial charge in [0.05, 0.1) is 78.5 Å². The monoisotopic (exact) mass is 1750 g/mol. The zero-order valence-corrected chi connectivity index (χ0v) is 70.5. The smallest absolute Gasteiger partial charge is 0.410 e. The molecule has 3 aromatic carbocycles. The van der Waals surface area contributed by atoms with Crippen molar-refractivity contribution in [3.63, 3.8) is 0 Å². The van der Waals surface area contributed by atoms with Crippen LogP contribution in [0, 0.1) is 29.1 Å². The van der Waals surface area contributed by atoms with Crippen molar-refractivity contribution in [3.8, 4) is 11.1 Å². The Kier molecular flexibility index (Phi) is 27.7. The van der Waals surface area contributed by atoms with E-state index in [1.807, 2.05) is 52.9 Å². The lowest BCUT2D eigenvalue weighted by Gasteiger charge is -2.69. The van der Waals surface area contributed by atoms with Gasteiger partial charge in [0.25, 0.3) is 26.1 Å². The number of para-hydroxylation sites is 1. The van der Waals surface area contributed by atoms with Gasteiger partial charge < -0.3 is 85.6 Å². The van der Waals surface area contributed by atoms with Crippen molar-refractivity contribution in [2.45, 2.75) is 199 Å². The summed E-state index contributed by atoms with van der Waals surface area (Å²) in [6.45, 7) is 9.09. The number of carbonyl (C=O) groups is 10. The molecule has 4 aliphatic carbocycles. The van der Waals surface area contributed by atoms with Gasteiger partial charge in [-0.3, -0.25) is 52.7 Å². The molecule has 0 radical (unpaired) electrons. The number of anilines is 3. The van der Waals surface area contributed by atoms with Gasteiger partial charge in [-0.2, -0.15) is 21.9 Å². The number of aromatic carboxylic acids is 1. The van der Waals surface area contributed by atoms with E-state index in [9.17, 15) is 99.4 Å². The highest BCUT2D eigenvalue weighted by atomic mass is 32.2. The van der Waals surface area contributed by atoms with Crippen LogP contribution in [0.4, 0.5) is 21.4 Å². The lowest BCUT2D eigenvalue weighted by Crippen LogP contribution is -2.64. The van der Waals surface area contributed by atoms with Gasteiger partial charge in [0.1, 0.15) is 48.9 Å². The lowest BCUT2D eigenvalue weighted by molar-refractivity contribution is -0.248. The molecule has 7 amide bonds. The van der Waals surface area contributed by atoms with Crippen LogP contribution in [-0.4, -0.2) is 263 Å². The lowest BCUT2D eigenvalue weighted by atomic mass is 9.39. The van der Waals surface area contributed by atoms with Gasteiger partial charge in [-0.15, -0.1) is 0 Å². The number of aryl methyl sites for hydroxylation is 1. The number of carbonyl (C=O) groups excluding carboxylic acids is 7. The van der Waals surface area contributed by atoms with Crippen molar-refractivity contribution < 1.29 is 123 Å². The van der Waals surface area contributed by atoms with Gasteiger partial charge in [-0.1, -0.05) is 69.4 Å². The number of hydrogen-bond donors (Lipinski definition) is 13. The first-order valence-electron chi connectivity index (χ1n) is 40.1. The second-order valence-electron chi connectivity index (χ2n) is 33.9. The summed E-state index contributed by atoms with van der Waals surface area (Å²) in [5.74, 6) is -10.5. The van der Waals surface area contributed by atoms with Crippen molar-refractivity contribution >= 4 is 118 Å². The summed E-state index contributed by atoms with van der Waals surface area (Å²) in [4.78, 5) is 146. The van der Waals surface area contributed by atoms with E-state index in [4.69, 9.17) is 34.1 Å². The van der Waals surface area contributed by atoms with Crippen LogP contribution in [0.5, 0.6) is 0 Å². The molecule has 6 aromatic rings. The number of amides is 7. The van der Waals surface area contributed by atoms with Crippen LogP contribution in [0.1, 0.15) is 148 Å². The highest BCUT2D eigenvalue weighted by molar-refractivity contribution is 7.86. The first-order valence-corrected chi connectivity index (χ1v) is 44.1. The van der Waals surface area contributed by atoms with E-state index in [2.05, 4.69) is 45.4 Å². The summed E-state index contributed by atoms with van der Waals surface area (Å²) in [5.41, 5.74) is 3.57. The highest BCUT2D eigenvalue weighted by Gasteiger charge is 2.66. The molecule has 11 atom stereocenters. The Labute approximate surface area is 706 Å². The molecule has 4 saturated carbocycles. The molecule has 38 nitrogen and oxygen atoms in total. The topological polar surface area (TPSA) is 551 Å². The predicted octanol–water partition coefficient (Wildman–Crippen LogP) is 4.35. The number of aliphatic hydroxyl groups excluding tert-OH is 3. The number of nitrogens with one attached hydrogen (secondary N) is 5. The Morgan fingerprint density at radius 2 is 1.49 bits per heavy atom. The molecule has 4 bridgehead atoms. The van der Waals surface area contributed by atoms with E-state index in [1.54, 1.807) is 38.2 Å². The maximum Gasteiger partial charge on any atom is 0.410 e. The third-order valence-corrected chi connectivity index (χ3v) is 26.0. The molecule has 41 heteroatoms. The molecule has 660 valence electrons.